The molecule has 0 saturated carbocycles. The topological polar surface area (TPSA) is 83.6 Å². The lowest BCUT2D eigenvalue weighted by molar-refractivity contribution is -0.142. The van der Waals surface area contributed by atoms with Crippen LogP contribution in [0, 0.1) is 0 Å². The van der Waals surface area contributed by atoms with Crippen molar-refractivity contribution in [3.63, 3.8) is 0 Å². The van der Waals surface area contributed by atoms with Gasteiger partial charge < -0.3 is 14.4 Å². The van der Waals surface area contributed by atoms with Gasteiger partial charge in [0.25, 0.3) is 5.91 Å². The zero-order chi connectivity index (χ0) is 20.0. The summed E-state index contributed by atoms with van der Waals surface area (Å²) >= 11 is 1.48. The Bertz CT molecular complexity index is 1210. The van der Waals surface area contributed by atoms with Gasteiger partial charge in [-0.15, -0.1) is 11.3 Å². The lowest BCUT2D eigenvalue weighted by Crippen LogP contribution is -2.48. The predicted octanol–water partition coefficient (Wildman–Crippen LogP) is 4.21. The molecule has 3 heterocycles. The fourth-order valence-electron chi connectivity index (χ4n) is 3.64. The van der Waals surface area contributed by atoms with Crippen LogP contribution in [-0.2, 0) is 17.8 Å². The molecule has 2 aromatic heterocycles. The van der Waals surface area contributed by atoms with E-state index in [1.54, 1.807) is 12.1 Å². The maximum Gasteiger partial charge on any atom is 0.326 e. The van der Waals surface area contributed by atoms with Crippen molar-refractivity contribution >= 4 is 33.4 Å². The summed E-state index contributed by atoms with van der Waals surface area (Å²) in [5.74, 6) is -0.839. The van der Waals surface area contributed by atoms with Gasteiger partial charge in [-0.2, -0.15) is 0 Å². The third kappa shape index (κ3) is 3.09. The van der Waals surface area contributed by atoms with Gasteiger partial charge in [-0.3, -0.25) is 4.79 Å². The van der Waals surface area contributed by atoms with Gasteiger partial charge in [0, 0.05) is 13.0 Å². The molecule has 1 N–H and O–H groups in total. The van der Waals surface area contributed by atoms with Crippen LogP contribution >= 0.6 is 11.3 Å². The molecule has 1 aliphatic heterocycles. The van der Waals surface area contributed by atoms with Crippen LogP contribution in [0.25, 0.3) is 21.0 Å². The summed E-state index contributed by atoms with van der Waals surface area (Å²) in [6, 6.07) is 17.7. The average molecular weight is 404 g/mol. The Morgan fingerprint density at radius 3 is 2.59 bits per heavy atom. The number of para-hydroxylation sites is 1. The summed E-state index contributed by atoms with van der Waals surface area (Å²) in [4.78, 5) is 30.8. The third-order valence-electron chi connectivity index (χ3n) is 5.12. The van der Waals surface area contributed by atoms with Crippen LogP contribution in [0.3, 0.4) is 0 Å². The minimum absolute atomic E-state index is 0.116. The molecular weight excluding hydrogens is 388 g/mol. The molecule has 5 rings (SSSR count). The minimum Gasteiger partial charge on any atom is -0.480 e. The first-order chi connectivity index (χ1) is 14.1. The van der Waals surface area contributed by atoms with Gasteiger partial charge in [0.2, 0.25) is 0 Å². The fraction of sp³-hybridized carbons (Fsp3) is 0.136. The number of rotatable bonds is 3. The van der Waals surface area contributed by atoms with Crippen LogP contribution in [0.4, 0.5) is 0 Å². The quantitative estimate of drug-likeness (QED) is 0.553. The largest absolute Gasteiger partial charge is 0.480 e. The van der Waals surface area contributed by atoms with Gasteiger partial charge in [0.15, 0.2) is 16.5 Å². The molecule has 2 aromatic carbocycles. The van der Waals surface area contributed by atoms with E-state index in [-0.39, 0.29) is 18.7 Å². The normalized spacial score (nSPS) is 16.0. The Kier molecular flexibility index (Phi) is 4.17. The van der Waals surface area contributed by atoms with Gasteiger partial charge in [-0.1, -0.05) is 36.4 Å². The average Bonchev–Trinajstić information content (AvgIpc) is 3.39. The molecule has 0 bridgehead atoms. The van der Waals surface area contributed by atoms with E-state index in [9.17, 15) is 14.7 Å². The number of fused-ring (bicyclic) bond motifs is 2. The monoisotopic (exact) mass is 404 g/mol. The van der Waals surface area contributed by atoms with Crippen LogP contribution in [0.1, 0.15) is 21.7 Å². The SMILES string of the molecule is O=C(O)C1Cc2ccccc2CN1C(=O)c1ccc(-c2nc3ccccc3s2)o1. The Balaban J connectivity index is 1.46. The van der Waals surface area contributed by atoms with Crippen molar-refractivity contribution in [1.82, 2.24) is 9.88 Å². The number of hydrogen-bond donors (Lipinski definition) is 1. The van der Waals surface area contributed by atoms with Gasteiger partial charge >= 0.3 is 5.97 Å². The van der Waals surface area contributed by atoms with Crippen LogP contribution in [0.5, 0.6) is 0 Å². The third-order valence-corrected chi connectivity index (χ3v) is 6.17. The van der Waals surface area contributed by atoms with E-state index in [0.717, 1.165) is 21.3 Å². The molecule has 6 nitrogen and oxygen atoms in total. The first-order valence-corrected chi connectivity index (χ1v) is 9.98. The molecule has 144 valence electrons. The number of thiazole rings is 1. The summed E-state index contributed by atoms with van der Waals surface area (Å²) < 4.78 is 6.83. The number of carboxylic acid groups (broad SMARTS) is 1. The molecule has 0 saturated heterocycles. The number of furan rings is 1. The molecule has 0 radical (unpaired) electrons. The predicted molar refractivity (Wildman–Crippen MR) is 109 cm³/mol. The zero-order valence-electron chi connectivity index (χ0n) is 15.2. The second-order valence-corrected chi connectivity index (χ2v) is 7.94. The molecule has 0 fully saturated rings. The van der Waals surface area contributed by atoms with E-state index >= 15 is 0 Å². The minimum atomic E-state index is -1.02. The number of hydrogen-bond acceptors (Lipinski definition) is 5. The number of nitrogens with zero attached hydrogens (tertiary/aromatic N) is 2. The molecule has 1 unspecified atom stereocenters. The molecule has 0 spiro atoms. The summed E-state index contributed by atoms with van der Waals surface area (Å²) in [6.07, 6.45) is 0.280. The summed E-state index contributed by atoms with van der Waals surface area (Å²) in [5.41, 5.74) is 2.78. The number of carbonyl (C=O) groups excluding carboxylic acids is 1. The number of amides is 1. The van der Waals surface area contributed by atoms with Gasteiger partial charge in [0.05, 0.1) is 10.2 Å². The van der Waals surface area contributed by atoms with Crippen LogP contribution in [-0.4, -0.2) is 32.9 Å². The van der Waals surface area contributed by atoms with Crippen molar-refractivity contribution in [2.75, 3.05) is 0 Å². The number of aliphatic carboxylic acids is 1. The Hall–Kier alpha value is -3.45. The van der Waals surface area contributed by atoms with E-state index in [1.807, 2.05) is 48.5 Å². The first-order valence-electron chi connectivity index (χ1n) is 9.16. The maximum atomic E-state index is 13.1. The van der Waals surface area contributed by atoms with Crippen molar-refractivity contribution in [1.29, 1.82) is 0 Å². The molecule has 29 heavy (non-hydrogen) atoms. The maximum absolute atomic E-state index is 13.1. The zero-order valence-corrected chi connectivity index (χ0v) is 16.1. The highest BCUT2D eigenvalue weighted by atomic mass is 32.1. The molecule has 4 aromatic rings. The smallest absolute Gasteiger partial charge is 0.326 e. The number of carbonyl (C=O) groups is 2. The molecule has 1 aliphatic rings. The second kappa shape index (κ2) is 6.86. The molecule has 0 aliphatic carbocycles. The summed E-state index contributed by atoms with van der Waals surface area (Å²) in [7, 11) is 0. The number of carboxylic acids is 1. The highest BCUT2D eigenvalue weighted by molar-refractivity contribution is 7.21. The van der Waals surface area contributed by atoms with Crippen molar-refractivity contribution in [3.05, 3.63) is 77.6 Å². The van der Waals surface area contributed by atoms with E-state index in [1.165, 1.54) is 16.2 Å². The van der Waals surface area contributed by atoms with E-state index in [2.05, 4.69) is 4.98 Å². The van der Waals surface area contributed by atoms with E-state index in [4.69, 9.17) is 4.42 Å². The Morgan fingerprint density at radius 1 is 1.03 bits per heavy atom. The van der Waals surface area contributed by atoms with Crippen molar-refractivity contribution in [2.45, 2.75) is 19.0 Å². The Labute approximate surface area is 170 Å². The van der Waals surface area contributed by atoms with E-state index < -0.39 is 17.9 Å². The van der Waals surface area contributed by atoms with E-state index in [0.29, 0.717) is 10.8 Å². The molecular formula is C22H16N2O4S. The van der Waals surface area contributed by atoms with Crippen LogP contribution in [0.15, 0.2) is 65.1 Å². The lowest BCUT2D eigenvalue weighted by Gasteiger charge is -2.33. The molecule has 1 atom stereocenters. The van der Waals surface area contributed by atoms with Crippen LogP contribution < -0.4 is 0 Å². The number of aromatic nitrogens is 1. The lowest BCUT2D eigenvalue weighted by atomic mass is 9.94. The van der Waals surface area contributed by atoms with Gasteiger partial charge in [0.1, 0.15) is 6.04 Å². The van der Waals surface area contributed by atoms with Gasteiger partial charge in [-0.25, -0.2) is 9.78 Å². The van der Waals surface area contributed by atoms with Crippen molar-refractivity contribution < 1.29 is 19.1 Å². The van der Waals surface area contributed by atoms with Crippen molar-refractivity contribution in [3.8, 4) is 10.8 Å². The summed E-state index contributed by atoms with van der Waals surface area (Å²) in [6.45, 7) is 0.239. The fourth-order valence-corrected chi connectivity index (χ4v) is 4.57. The van der Waals surface area contributed by atoms with Crippen molar-refractivity contribution in [2.24, 2.45) is 0 Å². The summed E-state index contributed by atoms with van der Waals surface area (Å²) in [5, 5.41) is 10.3. The molecule has 1 amide bonds. The van der Waals surface area contributed by atoms with Gasteiger partial charge in [-0.05, 0) is 35.4 Å². The van der Waals surface area contributed by atoms with Crippen LogP contribution in [0.2, 0.25) is 0 Å². The standard InChI is InChI=1S/C22H16N2O4S/c25-21(24-12-14-6-2-1-5-13(14)11-16(24)22(26)27)18-10-9-17(28-18)20-23-15-7-3-4-8-19(15)29-20/h1-10,16H,11-12H2,(H,26,27). The number of benzene rings is 2. The highest BCUT2D eigenvalue weighted by Crippen LogP contribution is 2.32. The molecule has 7 heteroatoms. The second-order valence-electron chi connectivity index (χ2n) is 6.91. The highest BCUT2D eigenvalue weighted by Gasteiger charge is 2.36. The Morgan fingerprint density at radius 2 is 1.79 bits per heavy atom. The first kappa shape index (κ1) is 17.6.